The maximum Gasteiger partial charge on any atom is 0.257 e. The van der Waals surface area contributed by atoms with E-state index in [1.807, 2.05) is 9.80 Å². The molecule has 3 rings (SSSR count). The number of hydrogen-bond acceptors (Lipinski definition) is 5. The molecule has 2 fully saturated rings. The maximum absolute atomic E-state index is 12.8. The summed E-state index contributed by atoms with van der Waals surface area (Å²) >= 11 is 0. The number of piperidine rings is 1. The third kappa shape index (κ3) is 3.61. The topological polar surface area (TPSA) is 72.0 Å². The highest BCUT2D eigenvalue weighted by molar-refractivity contribution is 5.96. The Morgan fingerprint density at radius 2 is 2.08 bits per heavy atom. The van der Waals surface area contributed by atoms with Gasteiger partial charge < -0.3 is 19.3 Å². The van der Waals surface area contributed by atoms with E-state index < -0.39 is 0 Å². The summed E-state index contributed by atoms with van der Waals surface area (Å²) in [4.78, 5) is 32.8. The highest BCUT2D eigenvalue weighted by Crippen LogP contribution is 2.41. The number of ether oxygens (including phenoxy) is 2. The number of carbonyl (C=O) groups excluding carboxylic acids is 2. The van der Waals surface area contributed by atoms with Gasteiger partial charge in [-0.2, -0.15) is 0 Å². The lowest BCUT2D eigenvalue weighted by Crippen LogP contribution is -2.44. The van der Waals surface area contributed by atoms with Gasteiger partial charge in [0.15, 0.2) is 0 Å². The Labute approximate surface area is 147 Å². The van der Waals surface area contributed by atoms with Crippen molar-refractivity contribution in [1.29, 1.82) is 0 Å². The van der Waals surface area contributed by atoms with Crippen LogP contribution in [0.5, 0.6) is 5.75 Å². The summed E-state index contributed by atoms with van der Waals surface area (Å²) in [5, 5.41) is 0. The molecule has 0 saturated carbocycles. The molecule has 0 N–H and O–H groups in total. The van der Waals surface area contributed by atoms with Gasteiger partial charge in [0.1, 0.15) is 5.75 Å². The first kappa shape index (κ1) is 17.7. The smallest absolute Gasteiger partial charge is 0.257 e. The molecule has 2 amide bonds. The van der Waals surface area contributed by atoms with Crippen LogP contribution in [0.2, 0.25) is 0 Å². The van der Waals surface area contributed by atoms with Crippen molar-refractivity contribution in [3.63, 3.8) is 0 Å². The summed E-state index contributed by atoms with van der Waals surface area (Å²) in [6.07, 6.45) is 5.44. The Kier molecular flexibility index (Phi) is 5.22. The van der Waals surface area contributed by atoms with E-state index in [4.69, 9.17) is 9.47 Å². The predicted octanol–water partition coefficient (Wildman–Crippen LogP) is 1.19. The zero-order valence-electron chi connectivity index (χ0n) is 14.9. The quantitative estimate of drug-likeness (QED) is 0.800. The molecule has 1 aromatic rings. The van der Waals surface area contributed by atoms with Crippen molar-refractivity contribution in [2.24, 2.45) is 5.41 Å². The molecule has 1 spiro atoms. The van der Waals surface area contributed by atoms with Crippen LogP contribution in [0.1, 0.15) is 29.6 Å². The lowest BCUT2D eigenvalue weighted by atomic mass is 9.77. The van der Waals surface area contributed by atoms with Crippen LogP contribution >= 0.6 is 0 Å². The van der Waals surface area contributed by atoms with Gasteiger partial charge >= 0.3 is 0 Å². The normalized spacial score (nSPS) is 19.5. The third-order valence-electron chi connectivity index (χ3n) is 5.32. The number of hydrogen-bond donors (Lipinski definition) is 0. The Balaban J connectivity index is 1.62. The fourth-order valence-corrected chi connectivity index (χ4v) is 3.80. The van der Waals surface area contributed by atoms with Crippen molar-refractivity contribution in [2.45, 2.75) is 19.3 Å². The molecular formula is C18H25N3O4. The van der Waals surface area contributed by atoms with Gasteiger partial charge in [0.05, 0.1) is 25.5 Å². The average Bonchev–Trinajstić information content (AvgIpc) is 2.95. The highest BCUT2D eigenvalue weighted by atomic mass is 16.5. The minimum atomic E-state index is -0.0327. The molecule has 0 radical (unpaired) electrons. The van der Waals surface area contributed by atoms with Crippen LogP contribution in [-0.2, 0) is 9.53 Å². The van der Waals surface area contributed by atoms with E-state index >= 15 is 0 Å². The second kappa shape index (κ2) is 7.39. The number of carbonyl (C=O) groups is 2. The van der Waals surface area contributed by atoms with E-state index in [2.05, 4.69) is 4.98 Å². The third-order valence-corrected chi connectivity index (χ3v) is 5.32. The molecule has 0 atom stereocenters. The van der Waals surface area contributed by atoms with Crippen molar-refractivity contribution >= 4 is 11.8 Å². The summed E-state index contributed by atoms with van der Waals surface area (Å²) < 4.78 is 10.3. The van der Waals surface area contributed by atoms with Crippen LogP contribution in [0.25, 0.3) is 0 Å². The fraction of sp³-hybridized carbons (Fsp3) is 0.611. The van der Waals surface area contributed by atoms with Crippen LogP contribution in [-0.4, -0.2) is 73.6 Å². The SMILES string of the molecule is COCCN1CC2(CCN(C(=O)c3ccncc3OC)CC2)CC1=O. The molecule has 3 heterocycles. The van der Waals surface area contributed by atoms with E-state index in [9.17, 15) is 9.59 Å². The highest BCUT2D eigenvalue weighted by Gasteiger charge is 2.45. The lowest BCUT2D eigenvalue weighted by molar-refractivity contribution is -0.128. The molecule has 2 aliphatic rings. The Bertz CT molecular complexity index is 641. The summed E-state index contributed by atoms with van der Waals surface area (Å²) in [7, 11) is 3.19. The Morgan fingerprint density at radius 3 is 2.76 bits per heavy atom. The first-order chi connectivity index (χ1) is 12.1. The van der Waals surface area contributed by atoms with Crippen molar-refractivity contribution in [2.75, 3.05) is 47.0 Å². The molecule has 7 nitrogen and oxygen atoms in total. The van der Waals surface area contributed by atoms with Crippen molar-refractivity contribution < 1.29 is 19.1 Å². The molecule has 0 aliphatic carbocycles. The van der Waals surface area contributed by atoms with Crippen molar-refractivity contribution in [1.82, 2.24) is 14.8 Å². The van der Waals surface area contributed by atoms with Crippen LogP contribution in [0.3, 0.4) is 0 Å². The van der Waals surface area contributed by atoms with Crippen LogP contribution in [0.4, 0.5) is 0 Å². The molecule has 1 aromatic heterocycles. The van der Waals surface area contributed by atoms with Gasteiger partial charge in [0, 0.05) is 51.3 Å². The zero-order valence-corrected chi connectivity index (χ0v) is 14.9. The van der Waals surface area contributed by atoms with Gasteiger partial charge in [-0.1, -0.05) is 0 Å². The summed E-state index contributed by atoms with van der Waals surface area (Å²) in [5.74, 6) is 0.664. The Morgan fingerprint density at radius 1 is 1.32 bits per heavy atom. The molecule has 0 unspecified atom stereocenters. The van der Waals surface area contributed by atoms with Gasteiger partial charge in [-0.25, -0.2) is 0 Å². The lowest BCUT2D eigenvalue weighted by Gasteiger charge is -2.39. The van der Waals surface area contributed by atoms with Crippen LogP contribution in [0.15, 0.2) is 18.5 Å². The number of likely N-dealkylation sites (tertiary alicyclic amines) is 2. The second-order valence-electron chi connectivity index (χ2n) is 6.85. The fourth-order valence-electron chi connectivity index (χ4n) is 3.80. The molecule has 136 valence electrons. The number of aromatic nitrogens is 1. The Hall–Kier alpha value is -2.15. The molecule has 25 heavy (non-hydrogen) atoms. The minimum Gasteiger partial charge on any atom is -0.494 e. The van der Waals surface area contributed by atoms with Crippen molar-refractivity contribution in [3.8, 4) is 5.75 Å². The van der Waals surface area contributed by atoms with Gasteiger partial charge in [-0.05, 0) is 18.9 Å². The number of pyridine rings is 1. The maximum atomic E-state index is 12.8. The van der Waals surface area contributed by atoms with Crippen molar-refractivity contribution in [3.05, 3.63) is 24.0 Å². The largest absolute Gasteiger partial charge is 0.494 e. The minimum absolute atomic E-state index is 0.00390. The van der Waals surface area contributed by atoms with Gasteiger partial charge in [0.25, 0.3) is 5.91 Å². The summed E-state index contributed by atoms with van der Waals surface area (Å²) in [6.45, 7) is 3.31. The number of nitrogens with zero attached hydrogens (tertiary/aromatic N) is 3. The first-order valence-corrected chi connectivity index (χ1v) is 8.62. The second-order valence-corrected chi connectivity index (χ2v) is 6.85. The molecule has 2 saturated heterocycles. The molecule has 7 heteroatoms. The van der Waals surface area contributed by atoms with E-state index in [1.165, 1.54) is 7.11 Å². The molecule has 2 aliphatic heterocycles. The van der Waals surface area contributed by atoms with Gasteiger partial charge in [-0.3, -0.25) is 14.6 Å². The van der Waals surface area contributed by atoms with E-state index in [1.54, 1.807) is 25.6 Å². The standard InChI is InChI=1S/C18H25N3O4/c1-24-10-9-21-13-18(11-16(21)22)4-7-20(8-5-18)17(23)14-3-6-19-12-15(14)25-2/h3,6,12H,4-5,7-11,13H2,1-2H3. The molecular weight excluding hydrogens is 322 g/mol. The zero-order chi connectivity index (χ0) is 17.9. The molecule has 0 aromatic carbocycles. The number of methoxy groups -OCH3 is 2. The van der Waals surface area contributed by atoms with Gasteiger partial charge in [-0.15, -0.1) is 0 Å². The van der Waals surface area contributed by atoms with Crippen LogP contribution in [0, 0.1) is 5.41 Å². The molecule has 0 bridgehead atoms. The summed E-state index contributed by atoms with van der Waals surface area (Å²) in [6, 6.07) is 1.69. The average molecular weight is 347 g/mol. The van der Waals surface area contributed by atoms with E-state index in [0.29, 0.717) is 44.0 Å². The summed E-state index contributed by atoms with van der Waals surface area (Å²) in [5.41, 5.74) is 0.543. The van der Waals surface area contributed by atoms with Crippen LogP contribution < -0.4 is 4.74 Å². The van der Waals surface area contributed by atoms with Gasteiger partial charge in [0.2, 0.25) is 5.91 Å². The predicted molar refractivity (Wildman–Crippen MR) is 91.4 cm³/mol. The van der Waals surface area contributed by atoms with E-state index in [0.717, 1.165) is 19.4 Å². The monoisotopic (exact) mass is 347 g/mol. The number of rotatable bonds is 5. The first-order valence-electron chi connectivity index (χ1n) is 8.62. The van der Waals surface area contributed by atoms with E-state index in [-0.39, 0.29) is 17.2 Å². The number of amides is 2.